The molecule has 14 nitrogen and oxygen atoms in total. The van der Waals surface area contributed by atoms with Gasteiger partial charge in [-0.3, -0.25) is 9.59 Å². The van der Waals surface area contributed by atoms with Crippen molar-refractivity contribution < 1.29 is 35.8 Å². The van der Waals surface area contributed by atoms with Gasteiger partial charge in [-0.1, -0.05) is 48.5 Å². The molecule has 0 amide bonds. The molecular formula is C45H50N4O10S2. The maximum absolute atomic E-state index is 13.6. The van der Waals surface area contributed by atoms with Gasteiger partial charge in [0.25, 0.3) is 5.56 Å². The fraction of sp³-hybridized carbons (Fsp3) is 0.244. The van der Waals surface area contributed by atoms with Gasteiger partial charge in [-0.2, -0.15) is 8.61 Å². The molecule has 0 aliphatic rings. The van der Waals surface area contributed by atoms with Crippen LogP contribution in [-0.2, 0) is 46.2 Å². The summed E-state index contributed by atoms with van der Waals surface area (Å²) in [6.07, 6.45) is 2.63. The fourth-order valence-corrected chi connectivity index (χ4v) is 8.89. The average Bonchev–Trinajstić information content (AvgIpc) is 3.27. The van der Waals surface area contributed by atoms with Crippen LogP contribution in [0.5, 0.6) is 23.0 Å². The first kappa shape index (κ1) is 45.9. The van der Waals surface area contributed by atoms with Crippen molar-refractivity contribution in [3.63, 3.8) is 0 Å². The van der Waals surface area contributed by atoms with Crippen molar-refractivity contribution >= 4 is 20.0 Å². The van der Waals surface area contributed by atoms with E-state index in [9.17, 15) is 26.4 Å². The molecule has 0 atom stereocenters. The lowest BCUT2D eigenvalue weighted by molar-refractivity contribution is 0.396. The third-order valence-electron chi connectivity index (χ3n) is 9.57. The van der Waals surface area contributed by atoms with Gasteiger partial charge in [-0.05, 0) is 96.8 Å². The van der Waals surface area contributed by atoms with Gasteiger partial charge in [-0.25, -0.2) is 16.8 Å². The molecule has 322 valence electrons. The smallest absolute Gasteiger partial charge is 0.250 e. The quantitative estimate of drug-likeness (QED) is 0.105. The number of hydrogen-bond donors (Lipinski definition) is 1. The summed E-state index contributed by atoms with van der Waals surface area (Å²) in [6.45, 7) is 4.34. The third-order valence-corrected chi connectivity index (χ3v) is 13.1. The van der Waals surface area contributed by atoms with Crippen molar-refractivity contribution in [2.45, 2.75) is 55.9 Å². The van der Waals surface area contributed by atoms with Crippen LogP contribution in [0.15, 0.2) is 153 Å². The van der Waals surface area contributed by atoms with Gasteiger partial charge in [0.1, 0.15) is 23.0 Å². The van der Waals surface area contributed by atoms with Crippen LogP contribution in [0, 0.1) is 0 Å². The Kier molecular flexibility index (Phi) is 15.7. The van der Waals surface area contributed by atoms with E-state index in [1.807, 2.05) is 62.4 Å². The van der Waals surface area contributed by atoms with Crippen LogP contribution in [0.4, 0.5) is 0 Å². The van der Waals surface area contributed by atoms with Gasteiger partial charge >= 0.3 is 0 Å². The van der Waals surface area contributed by atoms with E-state index >= 15 is 0 Å². The third kappa shape index (κ3) is 12.2. The number of methoxy groups -OCH3 is 4. The van der Waals surface area contributed by atoms with E-state index in [4.69, 9.17) is 18.9 Å². The minimum Gasteiger partial charge on any atom is -0.497 e. The molecular weight excluding hydrogens is 821 g/mol. The van der Waals surface area contributed by atoms with Gasteiger partial charge in [0.15, 0.2) is 0 Å². The number of ether oxygens (including phenoxy) is 4. The number of sulfonamides is 2. The summed E-state index contributed by atoms with van der Waals surface area (Å²) in [6, 6.07) is 34.0. The Hall–Kier alpha value is -6.20. The summed E-state index contributed by atoms with van der Waals surface area (Å²) < 4.78 is 78.7. The first-order chi connectivity index (χ1) is 29.2. The Morgan fingerprint density at radius 1 is 0.492 bits per heavy atom. The number of hydrogen-bond acceptors (Lipinski definition) is 10. The predicted octanol–water partition coefficient (Wildman–Crippen LogP) is 6.62. The lowest BCUT2D eigenvalue weighted by Gasteiger charge is -2.23. The number of aromatic nitrogens is 2. The Morgan fingerprint density at radius 3 is 1.11 bits per heavy atom. The first-order valence-electron chi connectivity index (χ1n) is 19.1. The van der Waals surface area contributed by atoms with E-state index in [0.29, 0.717) is 23.0 Å². The molecule has 0 unspecified atom stereocenters. The van der Waals surface area contributed by atoms with E-state index in [1.165, 1.54) is 49.8 Å². The van der Waals surface area contributed by atoms with Crippen molar-refractivity contribution in [3.8, 4) is 23.0 Å². The Bertz CT molecular complexity index is 2560. The summed E-state index contributed by atoms with van der Waals surface area (Å²) in [4.78, 5) is 26.0. The maximum atomic E-state index is 13.6. The highest BCUT2D eigenvalue weighted by Crippen LogP contribution is 2.25. The fourth-order valence-electron chi connectivity index (χ4n) is 6.08. The molecule has 0 saturated heterocycles. The Morgan fingerprint density at radius 2 is 0.820 bits per heavy atom. The molecule has 0 spiro atoms. The average molecular weight is 871 g/mol. The zero-order chi connectivity index (χ0) is 44.2. The number of benzene rings is 4. The zero-order valence-electron chi connectivity index (χ0n) is 34.8. The molecule has 0 saturated carbocycles. The van der Waals surface area contributed by atoms with Crippen molar-refractivity contribution in [3.05, 3.63) is 177 Å². The van der Waals surface area contributed by atoms with E-state index in [-0.39, 0.29) is 53.1 Å². The molecule has 4 aromatic carbocycles. The number of nitrogens with one attached hydrogen (secondary N) is 1. The largest absolute Gasteiger partial charge is 0.497 e. The molecule has 0 bridgehead atoms. The van der Waals surface area contributed by atoms with Gasteiger partial charge in [0.05, 0.1) is 38.2 Å². The summed E-state index contributed by atoms with van der Waals surface area (Å²) in [5, 5.41) is 0. The number of pyridine rings is 2. The molecule has 0 aliphatic heterocycles. The normalized spacial score (nSPS) is 11.6. The van der Waals surface area contributed by atoms with Crippen molar-refractivity contribution in [2.24, 2.45) is 0 Å². The molecule has 0 fully saturated rings. The molecule has 1 N–H and O–H groups in total. The second-order valence-electron chi connectivity index (χ2n) is 14.0. The van der Waals surface area contributed by atoms with E-state index in [2.05, 4.69) is 4.98 Å². The Labute approximate surface area is 356 Å². The van der Waals surface area contributed by atoms with Crippen molar-refractivity contribution in [2.75, 3.05) is 28.4 Å². The maximum Gasteiger partial charge on any atom is 0.250 e. The summed E-state index contributed by atoms with van der Waals surface area (Å²) in [5.41, 5.74) is 2.66. The predicted molar refractivity (Wildman–Crippen MR) is 233 cm³/mol. The first-order valence-corrected chi connectivity index (χ1v) is 22.0. The van der Waals surface area contributed by atoms with Crippen LogP contribution in [0.1, 0.15) is 42.1 Å². The SMILES string of the molecule is COc1ccc(CN(Cc2ccc(OC)cc2)S(=O)(=O)c2ccc(=O)[nH]c2)cc1.COc1ccc(CN(Cc2ccc(OC)cc2)S(=O)(=O)c2ccc(=O)n(C(C)C)c2)cc1. The molecule has 6 rings (SSSR count). The minimum atomic E-state index is -3.89. The summed E-state index contributed by atoms with van der Waals surface area (Å²) >= 11 is 0. The van der Waals surface area contributed by atoms with Crippen LogP contribution >= 0.6 is 0 Å². The molecule has 61 heavy (non-hydrogen) atoms. The minimum absolute atomic E-state index is 0.0270. The molecule has 0 radical (unpaired) electrons. The molecule has 6 aromatic rings. The van der Waals surface area contributed by atoms with Gasteiger partial charge in [0.2, 0.25) is 25.6 Å². The van der Waals surface area contributed by atoms with Crippen LogP contribution in [0.25, 0.3) is 0 Å². The second kappa shape index (κ2) is 20.9. The second-order valence-corrected chi connectivity index (χ2v) is 17.9. The van der Waals surface area contributed by atoms with Crippen molar-refractivity contribution in [1.29, 1.82) is 0 Å². The highest BCUT2D eigenvalue weighted by atomic mass is 32.2. The molecule has 0 aliphatic carbocycles. The molecule has 2 heterocycles. The lowest BCUT2D eigenvalue weighted by Crippen LogP contribution is -2.32. The standard InChI is InChI=1S/C24H28N2O5S.C21H22N2O5S/c1-18(2)26-17-23(13-14-24(26)27)32(28,29)25(15-19-5-9-21(30-3)10-6-19)16-20-7-11-22(31-4)12-8-20;1-27-18-7-3-16(4-8-18)14-23(15-17-5-9-19(28-2)10-6-17)29(25,26)20-11-12-21(24)22-13-20/h5-14,17-18H,15-16H2,1-4H3;3-13H,14-15H2,1-2H3,(H,22,24). The number of H-pyrrole nitrogens is 1. The number of rotatable bonds is 17. The van der Waals surface area contributed by atoms with Crippen LogP contribution in [-0.4, -0.2) is 63.4 Å². The number of aromatic amines is 1. The van der Waals surface area contributed by atoms with Gasteiger partial charge in [-0.15, -0.1) is 0 Å². The highest BCUT2D eigenvalue weighted by Gasteiger charge is 2.27. The Balaban J connectivity index is 0.000000232. The van der Waals surface area contributed by atoms with E-state index in [1.54, 1.807) is 77.0 Å². The van der Waals surface area contributed by atoms with Crippen LogP contribution in [0.2, 0.25) is 0 Å². The van der Waals surface area contributed by atoms with E-state index < -0.39 is 20.0 Å². The lowest BCUT2D eigenvalue weighted by atomic mass is 10.2. The monoisotopic (exact) mass is 870 g/mol. The van der Waals surface area contributed by atoms with Crippen LogP contribution in [0.3, 0.4) is 0 Å². The van der Waals surface area contributed by atoms with E-state index in [0.717, 1.165) is 22.3 Å². The van der Waals surface area contributed by atoms with Crippen molar-refractivity contribution in [1.82, 2.24) is 18.2 Å². The molecule has 16 heteroatoms. The highest BCUT2D eigenvalue weighted by molar-refractivity contribution is 7.89. The summed E-state index contributed by atoms with van der Waals surface area (Å²) in [7, 11) is -1.42. The topological polar surface area (TPSA) is 167 Å². The number of nitrogens with zero attached hydrogens (tertiary/aromatic N) is 3. The van der Waals surface area contributed by atoms with Gasteiger partial charge in [0, 0.05) is 56.7 Å². The van der Waals surface area contributed by atoms with Crippen LogP contribution < -0.4 is 30.1 Å². The molecule has 2 aromatic heterocycles. The zero-order valence-corrected chi connectivity index (χ0v) is 36.5. The summed E-state index contributed by atoms with van der Waals surface area (Å²) in [5.74, 6) is 2.78. The van der Waals surface area contributed by atoms with Gasteiger partial charge < -0.3 is 28.5 Å².